The second-order valence-corrected chi connectivity index (χ2v) is 8.41. The highest BCUT2D eigenvalue weighted by Gasteiger charge is 2.23. The fourth-order valence-corrected chi connectivity index (χ4v) is 3.42. The maximum atomic E-state index is 13.3. The highest BCUT2D eigenvalue weighted by Crippen LogP contribution is 2.26. The number of aromatic nitrogens is 2. The summed E-state index contributed by atoms with van der Waals surface area (Å²) >= 11 is 12.2. The van der Waals surface area contributed by atoms with E-state index in [0.29, 0.717) is 32.6 Å². The van der Waals surface area contributed by atoms with Gasteiger partial charge < -0.3 is 9.80 Å². The van der Waals surface area contributed by atoms with Crippen molar-refractivity contribution in [2.45, 2.75) is 19.9 Å². The maximum absolute atomic E-state index is 13.3. The van der Waals surface area contributed by atoms with Crippen LogP contribution in [0.1, 0.15) is 38.7 Å². The molecule has 0 N–H and O–H groups in total. The van der Waals surface area contributed by atoms with Crippen LogP contribution in [-0.4, -0.2) is 46.6 Å². The van der Waals surface area contributed by atoms with Gasteiger partial charge in [0.25, 0.3) is 5.91 Å². The molecule has 7 nitrogen and oxygen atoms in total. The van der Waals surface area contributed by atoms with Crippen LogP contribution < -0.4 is 4.90 Å². The molecular formula is C24H22Cl2N4O3. The van der Waals surface area contributed by atoms with Crippen LogP contribution in [0, 0.1) is 6.92 Å². The van der Waals surface area contributed by atoms with Crippen LogP contribution in [0.2, 0.25) is 10.0 Å². The number of amides is 2. The molecule has 0 aliphatic heterocycles. The van der Waals surface area contributed by atoms with Gasteiger partial charge in [-0.3, -0.25) is 14.4 Å². The Morgan fingerprint density at radius 3 is 2.39 bits per heavy atom. The molecule has 0 atom stereocenters. The molecule has 1 heterocycles. The van der Waals surface area contributed by atoms with E-state index in [2.05, 4.69) is 9.97 Å². The molecule has 0 radical (unpaired) electrons. The van der Waals surface area contributed by atoms with Gasteiger partial charge in [0.05, 0.1) is 23.0 Å². The molecule has 0 aliphatic rings. The molecule has 0 saturated carbocycles. The number of carbonyl (C=O) groups is 3. The number of nitrogens with zero attached hydrogens (tertiary/aromatic N) is 4. The van der Waals surface area contributed by atoms with Gasteiger partial charge in [0.15, 0.2) is 5.82 Å². The van der Waals surface area contributed by atoms with Crippen LogP contribution in [0.15, 0.2) is 54.7 Å². The lowest BCUT2D eigenvalue weighted by atomic mass is 10.1. The van der Waals surface area contributed by atoms with E-state index in [1.165, 1.54) is 16.0 Å². The van der Waals surface area contributed by atoms with Crippen molar-refractivity contribution in [3.05, 3.63) is 87.4 Å². The summed E-state index contributed by atoms with van der Waals surface area (Å²) in [6.45, 7) is 1.86. The van der Waals surface area contributed by atoms with Crippen LogP contribution in [0.3, 0.4) is 0 Å². The molecule has 2 amide bonds. The normalized spacial score (nSPS) is 10.6. The number of halogens is 2. The molecule has 3 aromatic rings. The Morgan fingerprint density at radius 1 is 0.970 bits per heavy atom. The van der Waals surface area contributed by atoms with E-state index in [1.807, 2.05) is 0 Å². The van der Waals surface area contributed by atoms with Crippen molar-refractivity contribution < 1.29 is 14.4 Å². The molecule has 0 saturated heterocycles. The summed E-state index contributed by atoms with van der Waals surface area (Å²) in [5, 5.41) is 0.742. The predicted octanol–water partition coefficient (Wildman–Crippen LogP) is 4.60. The minimum absolute atomic E-state index is 0.0191. The average Bonchev–Trinajstić information content (AvgIpc) is 2.79. The van der Waals surface area contributed by atoms with E-state index in [0.717, 1.165) is 0 Å². The van der Waals surface area contributed by atoms with Gasteiger partial charge in [0.2, 0.25) is 11.7 Å². The lowest BCUT2D eigenvalue weighted by Gasteiger charge is -2.24. The Bertz CT molecular complexity index is 1210. The SMILES string of the molecule is Cc1ccnc(C(=O)CC(=O)N(Cc2ccc(Cl)c(Cl)c2)c2cccc(C(=O)N(C)C)c2)n1. The molecule has 170 valence electrons. The quantitative estimate of drug-likeness (QED) is 0.361. The Morgan fingerprint density at radius 2 is 1.73 bits per heavy atom. The monoisotopic (exact) mass is 484 g/mol. The summed E-state index contributed by atoms with van der Waals surface area (Å²) in [7, 11) is 3.29. The third kappa shape index (κ3) is 6.15. The van der Waals surface area contributed by atoms with E-state index in [9.17, 15) is 14.4 Å². The van der Waals surface area contributed by atoms with Crippen molar-refractivity contribution in [3.8, 4) is 0 Å². The minimum Gasteiger partial charge on any atom is -0.345 e. The third-order valence-electron chi connectivity index (χ3n) is 4.79. The smallest absolute Gasteiger partial charge is 0.253 e. The summed E-state index contributed by atoms with van der Waals surface area (Å²) in [5.74, 6) is -1.19. The van der Waals surface area contributed by atoms with Gasteiger partial charge in [0.1, 0.15) is 0 Å². The first-order chi connectivity index (χ1) is 15.7. The van der Waals surface area contributed by atoms with Gasteiger partial charge in [-0.1, -0.05) is 35.3 Å². The van der Waals surface area contributed by atoms with E-state index < -0.39 is 18.1 Å². The number of anilines is 1. The van der Waals surface area contributed by atoms with Crippen molar-refractivity contribution in [2.24, 2.45) is 0 Å². The first-order valence-corrected chi connectivity index (χ1v) is 10.8. The maximum Gasteiger partial charge on any atom is 0.253 e. The Labute approximate surface area is 202 Å². The molecule has 0 fully saturated rings. The third-order valence-corrected chi connectivity index (χ3v) is 5.53. The van der Waals surface area contributed by atoms with Crippen LogP contribution in [0.5, 0.6) is 0 Å². The summed E-state index contributed by atoms with van der Waals surface area (Å²) in [4.78, 5) is 49.4. The van der Waals surface area contributed by atoms with Crippen molar-refractivity contribution >= 4 is 46.5 Å². The number of Topliss-reactive ketones (excluding diaryl/α,β-unsaturated/α-hetero) is 1. The molecular weight excluding hydrogens is 463 g/mol. The van der Waals surface area contributed by atoms with Gasteiger partial charge in [-0.05, 0) is 48.9 Å². The number of aryl methyl sites for hydroxylation is 1. The summed E-state index contributed by atoms with van der Waals surface area (Å²) < 4.78 is 0. The van der Waals surface area contributed by atoms with E-state index >= 15 is 0 Å². The van der Waals surface area contributed by atoms with Gasteiger partial charge >= 0.3 is 0 Å². The number of benzene rings is 2. The number of rotatable bonds is 7. The zero-order valence-corrected chi connectivity index (χ0v) is 19.9. The zero-order valence-electron chi connectivity index (χ0n) is 18.4. The summed E-state index contributed by atoms with van der Waals surface area (Å²) in [5.41, 5.74) is 2.22. The zero-order chi connectivity index (χ0) is 24.1. The molecule has 0 spiro atoms. The standard InChI is InChI=1S/C24H22Cl2N4O3/c1-15-9-10-27-23(28-15)21(31)13-22(32)30(14-16-7-8-19(25)20(26)11-16)18-6-4-5-17(12-18)24(33)29(2)3/h4-12H,13-14H2,1-3H3. The van der Waals surface area contributed by atoms with E-state index in [4.69, 9.17) is 23.2 Å². The largest absolute Gasteiger partial charge is 0.345 e. The second kappa shape index (κ2) is 10.6. The first kappa shape index (κ1) is 24.4. The van der Waals surface area contributed by atoms with Gasteiger partial charge in [0, 0.05) is 37.2 Å². The molecule has 0 aliphatic carbocycles. The van der Waals surface area contributed by atoms with Crippen LogP contribution in [-0.2, 0) is 11.3 Å². The lowest BCUT2D eigenvalue weighted by molar-refractivity contribution is -0.117. The van der Waals surface area contributed by atoms with Crippen molar-refractivity contribution in [3.63, 3.8) is 0 Å². The predicted molar refractivity (Wildman–Crippen MR) is 128 cm³/mol. The highest BCUT2D eigenvalue weighted by atomic mass is 35.5. The average molecular weight is 485 g/mol. The fraction of sp³-hybridized carbons (Fsp3) is 0.208. The molecule has 9 heteroatoms. The summed E-state index contributed by atoms with van der Waals surface area (Å²) in [6.07, 6.45) is 1.04. The first-order valence-electron chi connectivity index (χ1n) is 10.0. The molecule has 1 aromatic heterocycles. The lowest BCUT2D eigenvalue weighted by Crippen LogP contribution is -2.32. The van der Waals surface area contributed by atoms with Crippen LogP contribution >= 0.6 is 23.2 Å². The Kier molecular flexibility index (Phi) is 7.79. The second-order valence-electron chi connectivity index (χ2n) is 7.60. The molecule has 2 aromatic carbocycles. The van der Waals surface area contributed by atoms with Crippen molar-refractivity contribution in [2.75, 3.05) is 19.0 Å². The van der Waals surface area contributed by atoms with Gasteiger partial charge in [-0.15, -0.1) is 0 Å². The topological polar surface area (TPSA) is 83.5 Å². The number of ketones is 1. The van der Waals surface area contributed by atoms with E-state index in [1.54, 1.807) is 69.6 Å². The fourth-order valence-electron chi connectivity index (χ4n) is 3.10. The number of hydrogen-bond donors (Lipinski definition) is 0. The van der Waals surface area contributed by atoms with Crippen molar-refractivity contribution in [1.29, 1.82) is 0 Å². The Balaban J connectivity index is 1.95. The minimum atomic E-state index is -0.497. The molecule has 0 unspecified atom stereocenters. The van der Waals surface area contributed by atoms with Gasteiger partial charge in [-0.25, -0.2) is 9.97 Å². The molecule has 33 heavy (non-hydrogen) atoms. The van der Waals surface area contributed by atoms with E-state index in [-0.39, 0.29) is 18.3 Å². The van der Waals surface area contributed by atoms with Crippen molar-refractivity contribution in [1.82, 2.24) is 14.9 Å². The Hall–Kier alpha value is -3.29. The molecule has 3 rings (SSSR count). The van der Waals surface area contributed by atoms with Crippen LogP contribution in [0.4, 0.5) is 5.69 Å². The molecule has 0 bridgehead atoms. The highest BCUT2D eigenvalue weighted by molar-refractivity contribution is 6.42. The van der Waals surface area contributed by atoms with Crippen LogP contribution in [0.25, 0.3) is 0 Å². The van der Waals surface area contributed by atoms with Gasteiger partial charge in [-0.2, -0.15) is 0 Å². The summed E-state index contributed by atoms with van der Waals surface area (Å²) in [6, 6.07) is 13.4. The number of carbonyl (C=O) groups excluding carboxylic acids is 3. The number of hydrogen-bond acceptors (Lipinski definition) is 5.